The summed E-state index contributed by atoms with van der Waals surface area (Å²) in [4.78, 5) is 17.2. The normalized spacial score (nSPS) is 10.7. The summed E-state index contributed by atoms with van der Waals surface area (Å²) in [6.07, 6.45) is 1.75. The van der Waals surface area contributed by atoms with E-state index in [1.54, 1.807) is 6.20 Å². The van der Waals surface area contributed by atoms with Crippen molar-refractivity contribution in [1.82, 2.24) is 19.9 Å². The number of hydrogen-bond acceptors (Lipinski definition) is 6. The molecule has 1 N–H and O–H groups in total. The number of nitrogens with one attached hydrogen (secondary N) is 1. The summed E-state index contributed by atoms with van der Waals surface area (Å²) in [6.45, 7) is 8.53. The molecule has 2 aromatic rings. The van der Waals surface area contributed by atoms with Crippen molar-refractivity contribution in [1.29, 1.82) is 0 Å². The largest absolute Gasteiger partial charge is 0.461 e. The van der Waals surface area contributed by atoms with Gasteiger partial charge in [-0.15, -0.1) is 0 Å². The van der Waals surface area contributed by atoms with Crippen molar-refractivity contribution in [2.75, 3.05) is 11.9 Å². The average Bonchev–Trinajstić information content (AvgIpc) is 2.38. The molecule has 0 unspecified atom stereocenters. The fourth-order valence-electron chi connectivity index (χ4n) is 1.67. The van der Waals surface area contributed by atoms with E-state index in [0.717, 1.165) is 17.8 Å². The molecule has 0 spiro atoms. The lowest BCUT2D eigenvalue weighted by molar-refractivity contribution is 0.222. The minimum atomic E-state index is 0.0129. The van der Waals surface area contributed by atoms with Gasteiger partial charge in [-0.05, 0) is 39.8 Å². The number of pyridine rings is 1. The number of hydrogen-bond donors (Lipinski definition) is 1. The first-order valence-corrected chi connectivity index (χ1v) is 6.68. The van der Waals surface area contributed by atoms with Crippen LogP contribution in [0.2, 0.25) is 0 Å². The molecule has 20 heavy (non-hydrogen) atoms. The van der Waals surface area contributed by atoms with Crippen molar-refractivity contribution in [3.05, 3.63) is 24.0 Å². The van der Waals surface area contributed by atoms with Crippen molar-refractivity contribution < 1.29 is 4.74 Å². The molecule has 0 saturated carbocycles. The number of anilines is 1. The molecule has 0 aromatic carbocycles. The van der Waals surface area contributed by atoms with Gasteiger partial charge in [-0.1, -0.05) is 0 Å². The third-order valence-corrected chi connectivity index (χ3v) is 2.45. The van der Waals surface area contributed by atoms with Crippen LogP contribution in [-0.2, 0) is 0 Å². The molecule has 0 aliphatic rings. The van der Waals surface area contributed by atoms with Crippen LogP contribution in [0.3, 0.4) is 0 Å². The Balaban J connectivity index is 2.43. The molecule has 0 saturated heterocycles. The molecule has 0 atom stereocenters. The lowest BCUT2D eigenvalue weighted by Gasteiger charge is -2.11. The Kier molecular flexibility index (Phi) is 4.45. The predicted octanol–water partition coefficient (Wildman–Crippen LogP) is 2.46. The summed E-state index contributed by atoms with van der Waals surface area (Å²) >= 11 is 0. The molecule has 0 radical (unpaired) electrons. The van der Waals surface area contributed by atoms with Crippen molar-refractivity contribution in [2.45, 2.75) is 33.8 Å². The Morgan fingerprint density at radius 3 is 2.70 bits per heavy atom. The molecule has 106 valence electrons. The van der Waals surface area contributed by atoms with E-state index in [9.17, 15) is 0 Å². The fourth-order valence-corrected chi connectivity index (χ4v) is 1.67. The second-order valence-electron chi connectivity index (χ2n) is 4.65. The zero-order chi connectivity index (χ0) is 14.5. The van der Waals surface area contributed by atoms with E-state index in [0.29, 0.717) is 17.8 Å². The minimum Gasteiger partial charge on any atom is -0.461 e. The Morgan fingerprint density at radius 1 is 1.25 bits per heavy atom. The van der Waals surface area contributed by atoms with E-state index in [4.69, 9.17) is 4.74 Å². The summed E-state index contributed by atoms with van der Waals surface area (Å²) in [6, 6.07) is 4.14. The van der Waals surface area contributed by atoms with Gasteiger partial charge < -0.3 is 10.1 Å². The van der Waals surface area contributed by atoms with Crippen molar-refractivity contribution in [3.8, 4) is 17.4 Å². The molecule has 6 heteroatoms. The highest BCUT2D eigenvalue weighted by molar-refractivity contribution is 5.56. The van der Waals surface area contributed by atoms with Crippen molar-refractivity contribution >= 4 is 5.95 Å². The summed E-state index contributed by atoms with van der Waals surface area (Å²) in [5.41, 5.74) is 1.81. The van der Waals surface area contributed by atoms with Crippen LogP contribution in [0.15, 0.2) is 18.3 Å². The van der Waals surface area contributed by atoms with Crippen LogP contribution < -0.4 is 10.1 Å². The molecule has 6 nitrogen and oxygen atoms in total. The van der Waals surface area contributed by atoms with Crippen LogP contribution in [-0.4, -0.2) is 32.6 Å². The maximum Gasteiger partial charge on any atom is 0.322 e. The SMILES string of the molecule is CCNc1nc(OC(C)C)nc(-c2ccnc(C)c2)n1. The van der Waals surface area contributed by atoms with Gasteiger partial charge in [-0.3, -0.25) is 4.98 Å². The summed E-state index contributed by atoms with van der Waals surface area (Å²) in [5, 5.41) is 3.09. The molecule has 2 aromatic heterocycles. The van der Waals surface area contributed by atoms with Gasteiger partial charge in [0.05, 0.1) is 6.10 Å². The van der Waals surface area contributed by atoms with E-state index >= 15 is 0 Å². The van der Waals surface area contributed by atoms with Crippen LogP contribution in [0, 0.1) is 6.92 Å². The van der Waals surface area contributed by atoms with Gasteiger partial charge >= 0.3 is 6.01 Å². The van der Waals surface area contributed by atoms with Gasteiger partial charge in [0.1, 0.15) is 0 Å². The van der Waals surface area contributed by atoms with Gasteiger partial charge in [0, 0.05) is 24.0 Å². The highest BCUT2D eigenvalue weighted by Gasteiger charge is 2.10. The van der Waals surface area contributed by atoms with Gasteiger partial charge in [0.25, 0.3) is 0 Å². The molecule has 0 bridgehead atoms. The van der Waals surface area contributed by atoms with Gasteiger partial charge in [-0.2, -0.15) is 15.0 Å². The minimum absolute atomic E-state index is 0.0129. The lowest BCUT2D eigenvalue weighted by Crippen LogP contribution is -2.12. The lowest BCUT2D eigenvalue weighted by atomic mass is 10.2. The van der Waals surface area contributed by atoms with E-state index < -0.39 is 0 Å². The van der Waals surface area contributed by atoms with Gasteiger partial charge in [-0.25, -0.2) is 0 Å². The van der Waals surface area contributed by atoms with Crippen molar-refractivity contribution in [2.24, 2.45) is 0 Å². The second kappa shape index (κ2) is 6.27. The Labute approximate surface area is 118 Å². The second-order valence-corrected chi connectivity index (χ2v) is 4.65. The van der Waals surface area contributed by atoms with Gasteiger partial charge in [0.15, 0.2) is 5.82 Å². The maximum atomic E-state index is 5.58. The predicted molar refractivity (Wildman–Crippen MR) is 77.7 cm³/mol. The van der Waals surface area contributed by atoms with E-state index in [2.05, 4.69) is 25.3 Å². The van der Waals surface area contributed by atoms with Crippen LogP contribution >= 0.6 is 0 Å². The number of ether oxygens (including phenoxy) is 1. The first-order valence-electron chi connectivity index (χ1n) is 6.68. The third-order valence-electron chi connectivity index (χ3n) is 2.45. The van der Waals surface area contributed by atoms with Crippen LogP contribution in [0.4, 0.5) is 5.95 Å². The molecule has 0 fully saturated rings. The first kappa shape index (κ1) is 14.2. The highest BCUT2D eigenvalue weighted by atomic mass is 16.5. The average molecular weight is 273 g/mol. The highest BCUT2D eigenvalue weighted by Crippen LogP contribution is 2.19. The molecule has 0 aliphatic heterocycles. The van der Waals surface area contributed by atoms with Gasteiger partial charge in [0.2, 0.25) is 5.95 Å². The Hall–Kier alpha value is -2.24. The Bertz CT molecular complexity index is 586. The summed E-state index contributed by atoms with van der Waals surface area (Å²) < 4.78 is 5.58. The standard InChI is InChI=1S/C14H19N5O/c1-5-15-13-17-12(11-6-7-16-10(4)8-11)18-14(19-13)20-9(2)3/h6-9H,5H2,1-4H3,(H,15,17,18,19). The fraction of sp³-hybridized carbons (Fsp3) is 0.429. The van der Waals surface area contributed by atoms with E-state index in [1.165, 1.54) is 0 Å². The molecule has 0 aliphatic carbocycles. The first-order chi connectivity index (χ1) is 9.58. The van der Waals surface area contributed by atoms with Crippen LogP contribution in [0.5, 0.6) is 6.01 Å². The molecule has 2 rings (SSSR count). The maximum absolute atomic E-state index is 5.58. The van der Waals surface area contributed by atoms with Crippen LogP contribution in [0.1, 0.15) is 26.5 Å². The number of rotatable bonds is 5. The van der Waals surface area contributed by atoms with Crippen molar-refractivity contribution in [3.63, 3.8) is 0 Å². The van der Waals surface area contributed by atoms with E-state index in [-0.39, 0.29) is 6.10 Å². The quantitative estimate of drug-likeness (QED) is 0.902. The number of nitrogens with zero attached hydrogens (tertiary/aromatic N) is 4. The van der Waals surface area contributed by atoms with Crippen LogP contribution in [0.25, 0.3) is 11.4 Å². The number of aromatic nitrogens is 4. The monoisotopic (exact) mass is 273 g/mol. The molecular formula is C14H19N5O. The van der Waals surface area contributed by atoms with E-state index in [1.807, 2.05) is 39.8 Å². The summed E-state index contributed by atoms with van der Waals surface area (Å²) in [5.74, 6) is 1.10. The Morgan fingerprint density at radius 2 is 2.05 bits per heavy atom. The zero-order valence-corrected chi connectivity index (χ0v) is 12.2. The topological polar surface area (TPSA) is 72.8 Å². The third kappa shape index (κ3) is 3.63. The molecule has 0 amide bonds. The smallest absolute Gasteiger partial charge is 0.322 e. The number of aryl methyl sites for hydroxylation is 1. The summed E-state index contributed by atoms with van der Waals surface area (Å²) in [7, 11) is 0. The molecule has 2 heterocycles. The molecular weight excluding hydrogens is 254 g/mol. The zero-order valence-electron chi connectivity index (χ0n) is 12.2.